The van der Waals surface area contributed by atoms with E-state index in [4.69, 9.17) is 21.7 Å². The van der Waals surface area contributed by atoms with Crippen molar-refractivity contribution >= 4 is 18.4 Å². The van der Waals surface area contributed by atoms with Crippen molar-refractivity contribution in [2.45, 2.75) is 6.18 Å². The van der Waals surface area contributed by atoms with Crippen LogP contribution in [0.4, 0.5) is 13.2 Å². The van der Waals surface area contributed by atoms with Gasteiger partial charge in [-0.1, -0.05) is 6.07 Å². The van der Waals surface area contributed by atoms with Gasteiger partial charge in [0, 0.05) is 5.56 Å². The lowest BCUT2D eigenvalue weighted by Crippen LogP contribution is -2.12. The number of para-hydroxylation sites is 1. The minimum atomic E-state index is -4.68. The fourth-order valence-electron chi connectivity index (χ4n) is 1.72. The van der Waals surface area contributed by atoms with Gasteiger partial charge in [0.2, 0.25) is 4.77 Å². The van der Waals surface area contributed by atoms with E-state index in [2.05, 4.69) is 15.3 Å². The Balaban J connectivity index is 2.47. The van der Waals surface area contributed by atoms with Crippen LogP contribution < -0.4 is 9.47 Å². The highest BCUT2D eigenvalue weighted by Gasteiger charge is 2.37. The predicted molar refractivity (Wildman–Crippen MR) is 75.0 cm³/mol. The number of rotatable bonds is 4. The Morgan fingerprint density at radius 2 is 2.05 bits per heavy atom. The minimum absolute atomic E-state index is 0.273. The maximum atomic E-state index is 12.8. The molecule has 2 aromatic rings. The van der Waals surface area contributed by atoms with Gasteiger partial charge >= 0.3 is 6.18 Å². The Bertz CT molecular complexity index is 752. The lowest BCUT2D eigenvalue weighted by atomic mass is 10.2. The normalized spacial score (nSPS) is 11.9. The topological polar surface area (TPSA) is 64.4 Å². The molecule has 0 bridgehead atoms. The van der Waals surface area contributed by atoms with E-state index in [-0.39, 0.29) is 4.77 Å². The maximum Gasteiger partial charge on any atom is 0.453 e. The summed E-state index contributed by atoms with van der Waals surface area (Å²) in [6, 6.07) is 4.92. The SMILES string of the molecule is COc1cccc(/C=N\n2c(C(F)(F)F)n[nH]c2=S)c1OC. The van der Waals surface area contributed by atoms with Crippen LogP contribution in [0.5, 0.6) is 11.5 Å². The second-order valence-electron chi connectivity index (χ2n) is 3.99. The zero-order valence-electron chi connectivity index (χ0n) is 11.5. The van der Waals surface area contributed by atoms with Crippen molar-refractivity contribution in [3.8, 4) is 11.5 Å². The van der Waals surface area contributed by atoms with Crippen molar-refractivity contribution in [2.24, 2.45) is 5.10 Å². The molecule has 0 radical (unpaired) electrons. The van der Waals surface area contributed by atoms with Crippen LogP contribution in [0.3, 0.4) is 0 Å². The summed E-state index contributed by atoms with van der Waals surface area (Å²) in [7, 11) is 2.87. The molecular weight excluding hydrogens is 321 g/mol. The molecular formula is C12H11F3N4O2S. The number of alkyl halides is 3. The van der Waals surface area contributed by atoms with Crippen molar-refractivity contribution < 1.29 is 22.6 Å². The average Bonchev–Trinajstić information content (AvgIpc) is 2.85. The molecule has 0 saturated heterocycles. The molecule has 0 atom stereocenters. The highest BCUT2D eigenvalue weighted by molar-refractivity contribution is 7.71. The monoisotopic (exact) mass is 332 g/mol. The zero-order valence-corrected chi connectivity index (χ0v) is 12.3. The van der Waals surface area contributed by atoms with Gasteiger partial charge in [-0.05, 0) is 24.4 Å². The molecule has 118 valence electrons. The fourth-order valence-corrected chi connectivity index (χ4v) is 1.90. The molecule has 0 fully saturated rings. The Morgan fingerprint density at radius 1 is 1.32 bits per heavy atom. The van der Waals surface area contributed by atoms with Gasteiger partial charge in [0.25, 0.3) is 5.82 Å². The number of hydrogen-bond donors (Lipinski definition) is 1. The number of halogens is 3. The Labute approximate surface area is 128 Å². The number of nitrogens with zero attached hydrogens (tertiary/aromatic N) is 3. The van der Waals surface area contributed by atoms with Crippen LogP contribution in [-0.4, -0.2) is 35.3 Å². The number of methoxy groups -OCH3 is 2. The summed E-state index contributed by atoms with van der Waals surface area (Å²) in [4.78, 5) is 0. The van der Waals surface area contributed by atoms with Crippen LogP contribution in [-0.2, 0) is 6.18 Å². The quantitative estimate of drug-likeness (QED) is 0.691. The van der Waals surface area contributed by atoms with E-state index in [0.717, 1.165) is 0 Å². The van der Waals surface area contributed by atoms with Gasteiger partial charge in [-0.2, -0.15) is 22.9 Å². The fraction of sp³-hybridized carbons (Fsp3) is 0.250. The first-order valence-corrected chi connectivity index (χ1v) is 6.29. The largest absolute Gasteiger partial charge is 0.493 e. The first-order valence-electron chi connectivity index (χ1n) is 5.88. The summed E-state index contributed by atoms with van der Waals surface area (Å²) in [5.41, 5.74) is 0.429. The third-order valence-corrected chi connectivity index (χ3v) is 2.91. The van der Waals surface area contributed by atoms with Crippen LogP contribution in [0.25, 0.3) is 0 Å². The second kappa shape index (κ2) is 6.18. The Morgan fingerprint density at radius 3 is 2.64 bits per heavy atom. The van der Waals surface area contributed by atoms with Crippen LogP contribution in [0.15, 0.2) is 23.3 Å². The van der Waals surface area contributed by atoms with Gasteiger partial charge in [0.05, 0.1) is 20.4 Å². The Hall–Kier alpha value is -2.36. The van der Waals surface area contributed by atoms with Crippen molar-refractivity contribution in [1.82, 2.24) is 14.9 Å². The predicted octanol–water partition coefficient (Wildman–Crippen LogP) is 2.86. The van der Waals surface area contributed by atoms with Gasteiger partial charge in [-0.15, -0.1) is 5.10 Å². The highest BCUT2D eigenvalue weighted by atomic mass is 32.1. The van der Waals surface area contributed by atoms with E-state index in [1.165, 1.54) is 20.4 Å². The van der Waals surface area contributed by atoms with Gasteiger partial charge in [-0.25, -0.2) is 5.10 Å². The highest BCUT2D eigenvalue weighted by Crippen LogP contribution is 2.30. The molecule has 1 aromatic heterocycles. The zero-order chi connectivity index (χ0) is 16.3. The van der Waals surface area contributed by atoms with Gasteiger partial charge in [-0.3, -0.25) is 0 Å². The number of aromatic nitrogens is 3. The van der Waals surface area contributed by atoms with E-state index in [9.17, 15) is 13.2 Å². The Kier molecular flexibility index (Phi) is 4.50. The number of hydrogen-bond acceptors (Lipinski definition) is 5. The smallest absolute Gasteiger partial charge is 0.453 e. The van der Waals surface area contributed by atoms with E-state index in [0.29, 0.717) is 21.7 Å². The lowest BCUT2D eigenvalue weighted by Gasteiger charge is -2.09. The molecule has 0 spiro atoms. The molecule has 0 aliphatic heterocycles. The van der Waals surface area contributed by atoms with Crippen LogP contribution in [0, 0.1) is 4.77 Å². The third-order valence-electron chi connectivity index (χ3n) is 2.65. The standard InChI is InChI=1S/C12H11F3N4O2S/c1-20-8-5-3-4-7(9(8)21-2)6-16-19-10(12(13,14)15)17-18-11(19)22/h3-6H,1-2H3,(H,18,22)/b16-6-. The first kappa shape index (κ1) is 16.0. The summed E-state index contributed by atoms with van der Waals surface area (Å²) >= 11 is 4.74. The maximum absolute atomic E-state index is 12.8. The van der Waals surface area contributed by atoms with E-state index >= 15 is 0 Å². The van der Waals surface area contributed by atoms with Crippen LogP contribution >= 0.6 is 12.2 Å². The molecule has 10 heteroatoms. The van der Waals surface area contributed by atoms with Crippen LogP contribution in [0.1, 0.15) is 11.4 Å². The molecule has 0 aliphatic carbocycles. The molecule has 0 unspecified atom stereocenters. The van der Waals surface area contributed by atoms with E-state index < -0.39 is 12.0 Å². The molecule has 0 aliphatic rings. The summed E-state index contributed by atoms with van der Waals surface area (Å²) in [6.07, 6.45) is -3.49. The molecule has 6 nitrogen and oxygen atoms in total. The molecule has 0 amide bonds. The first-order chi connectivity index (χ1) is 10.4. The van der Waals surface area contributed by atoms with Crippen molar-refractivity contribution in [3.05, 3.63) is 34.4 Å². The third kappa shape index (κ3) is 3.11. The number of ether oxygens (including phenoxy) is 2. The van der Waals surface area contributed by atoms with E-state index in [1.807, 2.05) is 0 Å². The van der Waals surface area contributed by atoms with Crippen molar-refractivity contribution in [2.75, 3.05) is 14.2 Å². The summed E-state index contributed by atoms with van der Waals surface area (Å²) in [5, 5.41) is 8.91. The lowest BCUT2D eigenvalue weighted by molar-refractivity contribution is -0.147. The van der Waals surface area contributed by atoms with E-state index in [1.54, 1.807) is 18.2 Å². The second-order valence-corrected chi connectivity index (χ2v) is 4.38. The number of nitrogens with one attached hydrogen (secondary N) is 1. The molecule has 1 N–H and O–H groups in total. The summed E-state index contributed by atoms with van der Waals surface area (Å²) in [5.74, 6) is -0.466. The number of benzene rings is 1. The number of aromatic amines is 1. The molecule has 2 rings (SSSR count). The van der Waals surface area contributed by atoms with Crippen molar-refractivity contribution in [1.29, 1.82) is 0 Å². The van der Waals surface area contributed by atoms with Crippen LogP contribution in [0.2, 0.25) is 0 Å². The molecule has 0 saturated carbocycles. The molecule has 1 aromatic carbocycles. The molecule has 1 heterocycles. The average molecular weight is 332 g/mol. The minimum Gasteiger partial charge on any atom is -0.493 e. The van der Waals surface area contributed by atoms with Gasteiger partial charge in [0.1, 0.15) is 0 Å². The van der Waals surface area contributed by atoms with Gasteiger partial charge < -0.3 is 9.47 Å². The summed E-state index contributed by atoms with van der Waals surface area (Å²) in [6.45, 7) is 0. The number of H-pyrrole nitrogens is 1. The summed E-state index contributed by atoms with van der Waals surface area (Å²) < 4.78 is 48.8. The molecule has 22 heavy (non-hydrogen) atoms. The van der Waals surface area contributed by atoms with Crippen molar-refractivity contribution in [3.63, 3.8) is 0 Å². The van der Waals surface area contributed by atoms with Gasteiger partial charge in [0.15, 0.2) is 11.5 Å².